The normalized spacial score (nSPS) is 15.4. The Morgan fingerprint density at radius 3 is 3.14 bits per heavy atom. The third kappa shape index (κ3) is 1.45. The highest BCUT2D eigenvalue weighted by molar-refractivity contribution is 5.75. The molecule has 1 aliphatic rings. The van der Waals surface area contributed by atoms with Crippen molar-refractivity contribution >= 4 is 11.7 Å². The molecule has 0 unspecified atom stereocenters. The summed E-state index contributed by atoms with van der Waals surface area (Å²) < 4.78 is 1.87. The van der Waals surface area contributed by atoms with Crippen LogP contribution in [0.2, 0.25) is 0 Å². The molecule has 0 atom stereocenters. The molecule has 2 N–H and O–H groups in total. The summed E-state index contributed by atoms with van der Waals surface area (Å²) >= 11 is 0. The Kier molecular flexibility index (Phi) is 2.15. The van der Waals surface area contributed by atoms with Gasteiger partial charge in [0.05, 0.1) is 18.8 Å². The van der Waals surface area contributed by atoms with Gasteiger partial charge >= 0.3 is 0 Å². The zero-order valence-electron chi connectivity index (χ0n) is 8.23. The van der Waals surface area contributed by atoms with Crippen LogP contribution in [0.4, 0.5) is 5.82 Å². The Morgan fingerprint density at radius 1 is 1.64 bits per heavy atom. The largest absolute Gasteiger partial charge is 0.382 e. The van der Waals surface area contributed by atoms with Crippen molar-refractivity contribution in [1.29, 1.82) is 0 Å². The molecular weight excluding hydrogens is 180 g/mol. The molecular formula is C9H14N4O. The predicted molar refractivity (Wildman–Crippen MR) is 52.3 cm³/mol. The number of carbonyl (C=O) groups excluding carboxylic acids is 1. The van der Waals surface area contributed by atoms with E-state index < -0.39 is 0 Å². The molecule has 1 aromatic heterocycles. The highest BCUT2D eigenvalue weighted by Gasteiger charge is 2.20. The predicted octanol–water partition coefficient (Wildman–Crippen LogP) is 0.217. The van der Waals surface area contributed by atoms with Gasteiger partial charge in [0.15, 0.2) is 0 Å². The maximum Gasteiger partial charge on any atom is 0.222 e. The van der Waals surface area contributed by atoms with Crippen molar-refractivity contribution in [3.05, 3.63) is 11.8 Å². The second kappa shape index (κ2) is 3.32. The van der Waals surface area contributed by atoms with Gasteiger partial charge in [0.1, 0.15) is 5.82 Å². The summed E-state index contributed by atoms with van der Waals surface area (Å²) in [5.41, 5.74) is 6.60. The number of hydrogen-bond acceptors (Lipinski definition) is 3. The lowest BCUT2D eigenvalue weighted by Crippen LogP contribution is -2.37. The molecule has 0 aromatic carbocycles. The maximum absolute atomic E-state index is 11.4. The number of hydrogen-bond donors (Lipinski definition) is 1. The Bertz CT molecular complexity index is 358. The molecule has 1 aromatic rings. The van der Waals surface area contributed by atoms with E-state index in [1.165, 1.54) is 0 Å². The molecule has 1 aliphatic heterocycles. The first kappa shape index (κ1) is 9.05. The van der Waals surface area contributed by atoms with Crippen LogP contribution in [-0.4, -0.2) is 27.1 Å². The van der Waals surface area contributed by atoms with E-state index in [9.17, 15) is 4.79 Å². The number of nitrogens with zero attached hydrogens (tertiary/aromatic N) is 3. The van der Waals surface area contributed by atoms with Gasteiger partial charge in [-0.05, 0) is 0 Å². The van der Waals surface area contributed by atoms with Crippen LogP contribution < -0.4 is 5.73 Å². The average molecular weight is 194 g/mol. The van der Waals surface area contributed by atoms with E-state index in [2.05, 4.69) is 5.10 Å². The van der Waals surface area contributed by atoms with Crippen LogP contribution in [0.25, 0.3) is 0 Å². The molecule has 76 valence electrons. The SMILES string of the molecule is CCC(=O)N1CCn2nc(N)cc2C1. The number of nitrogens with two attached hydrogens (primary N) is 1. The molecule has 5 heteroatoms. The number of amides is 1. The van der Waals surface area contributed by atoms with E-state index in [4.69, 9.17) is 5.73 Å². The molecule has 0 spiro atoms. The van der Waals surface area contributed by atoms with E-state index in [1.54, 1.807) is 0 Å². The Hall–Kier alpha value is -1.52. The minimum absolute atomic E-state index is 0.191. The molecule has 0 aliphatic carbocycles. The highest BCUT2D eigenvalue weighted by atomic mass is 16.2. The number of rotatable bonds is 1. The Labute approximate surface area is 82.5 Å². The van der Waals surface area contributed by atoms with Crippen LogP contribution in [0.3, 0.4) is 0 Å². The third-order valence-corrected chi connectivity index (χ3v) is 2.47. The highest BCUT2D eigenvalue weighted by Crippen LogP contribution is 2.14. The van der Waals surface area contributed by atoms with Gasteiger partial charge in [0.2, 0.25) is 5.91 Å². The third-order valence-electron chi connectivity index (χ3n) is 2.47. The summed E-state index contributed by atoms with van der Waals surface area (Å²) in [6.07, 6.45) is 0.559. The van der Waals surface area contributed by atoms with Crippen LogP contribution in [0.15, 0.2) is 6.07 Å². The van der Waals surface area contributed by atoms with Gasteiger partial charge in [0, 0.05) is 19.0 Å². The Morgan fingerprint density at radius 2 is 2.43 bits per heavy atom. The van der Waals surface area contributed by atoms with Gasteiger partial charge < -0.3 is 10.6 Å². The standard InChI is InChI=1S/C9H14N4O/c1-2-9(14)12-3-4-13-7(6-12)5-8(10)11-13/h5H,2-4,6H2,1H3,(H2,10,11). The number of nitrogen functional groups attached to an aromatic ring is 1. The smallest absolute Gasteiger partial charge is 0.222 e. The van der Waals surface area contributed by atoms with Crippen LogP contribution >= 0.6 is 0 Å². The van der Waals surface area contributed by atoms with Gasteiger partial charge in [0.25, 0.3) is 0 Å². The number of fused-ring (bicyclic) bond motifs is 1. The quantitative estimate of drug-likeness (QED) is 0.695. The van der Waals surface area contributed by atoms with Crippen molar-refractivity contribution in [2.24, 2.45) is 0 Å². The fourth-order valence-corrected chi connectivity index (χ4v) is 1.73. The number of anilines is 1. The van der Waals surface area contributed by atoms with E-state index in [1.807, 2.05) is 22.6 Å². The molecule has 0 fully saturated rings. The number of carbonyl (C=O) groups is 1. The second-order valence-corrected chi connectivity index (χ2v) is 3.45. The van der Waals surface area contributed by atoms with Crippen molar-refractivity contribution in [3.8, 4) is 0 Å². The molecule has 2 rings (SSSR count). The second-order valence-electron chi connectivity index (χ2n) is 3.45. The number of aromatic nitrogens is 2. The van der Waals surface area contributed by atoms with Gasteiger partial charge in [-0.2, -0.15) is 5.10 Å². The molecule has 2 heterocycles. The maximum atomic E-state index is 11.4. The van der Waals surface area contributed by atoms with Crippen molar-refractivity contribution in [1.82, 2.24) is 14.7 Å². The van der Waals surface area contributed by atoms with E-state index >= 15 is 0 Å². The summed E-state index contributed by atoms with van der Waals surface area (Å²) in [7, 11) is 0. The first-order chi connectivity index (χ1) is 6.70. The summed E-state index contributed by atoms with van der Waals surface area (Å²) in [6, 6.07) is 1.83. The van der Waals surface area contributed by atoms with Gasteiger partial charge in [-0.25, -0.2) is 0 Å². The van der Waals surface area contributed by atoms with Crippen LogP contribution in [0.1, 0.15) is 19.0 Å². The monoisotopic (exact) mass is 194 g/mol. The van der Waals surface area contributed by atoms with Crippen molar-refractivity contribution in [3.63, 3.8) is 0 Å². The molecule has 0 saturated carbocycles. The molecule has 1 amide bonds. The topological polar surface area (TPSA) is 64.2 Å². The fourth-order valence-electron chi connectivity index (χ4n) is 1.73. The average Bonchev–Trinajstić information content (AvgIpc) is 2.55. The van der Waals surface area contributed by atoms with Gasteiger partial charge in [-0.1, -0.05) is 6.92 Å². The van der Waals surface area contributed by atoms with Crippen molar-refractivity contribution in [2.45, 2.75) is 26.4 Å². The van der Waals surface area contributed by atoms with Crippen LogP contribution in [0, 0.1) is 0 Å². The summed E-state index contributed by atoms with van der Waals surface area (Å²) in [5.74, 6) is 0.724. The summed E-state index contributed by atoms with van der Waals surface area (Å²) in [5, 5.41) is 4.13. The summed E-state index contributed by atoms with van der Waals surface area (Å²) in [4.78, 5) is 13.3. The van der Waals surface area contributed by atoms with Gasteiger partial charge in [-0.3, -0.25) is 9.48 Å². The molecule has 5 nitrogen and oxygen atoms in total. The minimum atomic E-state index is 0.191. The zero-order valence-corrected chi connectivity index (χ0v) is 8.23. The molecule has 0 bridgehead atoms. The lowest BCUT2D eigenvalue weighted by molar-refractivity contribution is -0.132. The first-order valence-corrected chi connectivity index (χ1v) is 4.80. The molecule has 0 radical (unpaired) electrons. The van der Waals surface area contributed by atoms with E-state index in [-0.39, 0.29) is 5.91 Å². The van der Waals surface area contributed by atoms with Crippen molar-refractivity contribution in [2.75, 3.05) is 12.3 Å². The molecule has 0 saturated heterocycles. The van der Waals surface area contributed by atoms with Crippen molar-refractivity contribution < 1.29 is 4.79 Å². The zero-order chi connectivity index (χ0) is 10.1. The fraction of sp³-hybridized carbons (Fsp3) is 0.556. The summed E-state index contributed by atoms with van der Waals surface area (Å²) in [6.45, 7) is 4.00. The molecule has 14 heavy (non-hydrogen) atoms. The van der Waals surface area contributed by atoms with E-state index in [0.29, 0.717) is 18.8 Å². The van der Waals surface area contributed by atoms with Crippen LogP contribution in [-0.2, 0) is 17.9 Å². The Balaban J connectivity index is 2.16. The first-order valence-electron chi connectivity index (χ1n) is 4.80. The minimum Gasteiger partial charge on any atom is -0.382 e. The van der Waals surface area contributed by atoms with Gasteiger partial charge in [-0.15, -0.1) is 0 Å². The van der Waals surface area contributed by atoms with E-state index in [0.717, 1.165) is 18.8 Å². The van der Waals surface area contributed by atoms with Crippen LogP contribution in [0.5, 0.6) is 0 Å². The lowest BCUT2D eigenvalue weighted by atomic mass is 10.3. The lowest BCUT2D eigenvalue weighted by Gasteiger charge is -2.27.